The fraction of sp³-hybridized carbons (Fsp3) is 0.176. The summed E-state index contributed by atoms with van der Waals surface area (Å²) in [6, 6.07) is 8.88. The first-order chi connectivity index (χ1) is 10.9. The molecule has 6 heteroatoms. The van der Waals surface area contributed by atoms with Gasteiger partial charge in [-0.25, -0.2) is 0 Å². The molecule has 0 aliphatic rings. The highest BCUT2D eigenvalue weighted by Gasteiger charge is 2.16. The molecule has 0 saturated carbocycles. The van der Waals surface area contributed by atoms with Crippen LogP contribution in [0.2, 0.25) is 0 Å². The topological polar surface area (TPSA) is 93.1 Å². The van der Waals surface area contributed by atoms with Gasteiger partial charge in [0.2, 0.25) is 6.79 Å². The van der Waals surface area contributed by atoms with E-state index in [9.17, 15) is 19.8 Å². The van der Waals surface area contributed by atoms with Crippen LogP contribution in [0.15, 0.2) is 36.4 Å². The Balaban J connectivity index is 2.16. The number of hydrogen-bond donors (Lipinski definition) is 2. The number of benzene rings is 2. The van der Waals surface area contributed by atoms with Crippen LogP contribution in [-0.2, 0) is 0 Å². The number of phenolic OH excluding ortho intramolecular Hbond substituents is 2. The largest absolute Gasteiger partial charge is 0.507 e. The normalized spacial score (nSPS) is 10.2. The van der Waals surface area contributed by atoms with Gasteiger partial charge in [-0.3, -0.25) is 9.59 Å². The predicted molar refractivity (Wildman–Crippen MR) is 82.3 cm³/mol. The van der Waals surface area contributed by atoms with E-state index in [0.717, 1.165) is 0 Å². The van der Waals surface area contributed by atoms with Gasteiger partial charge in [0.15, 0.2) is 11.6 Å². The van der Waals surface area contributed by atoms with Gasteiger partial charge in [-0.1, -0.05) is 12.1 Å². The minimum absolute atomic E-state index is 0.0544. The molecule has 2 rings (SSSR count). The first-order valence-corrected chi connectivity index (χ1v) is 6.83. The Labute approximate surface area is 132 Å². The van der Waals surface area contributed by atoms with Gasteiger partial charge in [-0.2, -0.15) is 0 Å². The molecule has 0 unspecified atom stereocenters. The highest BCUT2D eigenvalue weighted by atomic mass is 16.7. The Bertz CT molecular complexity index is 687. The first-order valence-electron chi connectivity index (χ1n) is 6.83. The molecule has 2 N–H and O–H groups in total. The van der Waals surface area contributed by atoms with Crippen LogP contribution < -0.4 is 9.47 Å². The van der Waals surface area contributed by atoms with E-state index in [1.165, 1.54) is 50.2 Å². The van der Waals surface area contributed by atoms with E-state index in [0.29, 0.717) is 0 Å². The monoisotopic (exact) mass is 316 g/mol. The Morgan fingerprint density at radius 1 is 0.826 bits per heavy atom. The molecule has 2 aromatic carbocycles. The lowest BCUT2D eigenvalue weighted by Crippen LogP contribution is -2.10. The molecule has 0 spiro atoms. The van der Waals surface area contributed by atoms with Crippen molar-refractivity contribution in [2.45, 2.75) is 13.8 Å². The predicted octanol–water partition coefficient (Wildman–Crippen LogP) is 2.92. The summed E-state index contributed by atoms with van der Waals surface area (Å²) in [5.41, 5.74) is 0.109. The molecule has 0 amide bonds. The van der Waals surface area contributed by atoms with Crippen LogP contribution in [-0.4, -0.2) is 28.6 Å². The molecule has 0 radical (unpaired) electrons. The summed E-state index contributed by atoms with van der Waals surface area (Å²) in [5, 5.41) is 19.4. The SMILES string of the molecule is CC(=O)c1c(O)cccc1OCOc1cccc(O)c1C(C)=O. The standard InChI is InChI=1S/C17H16O6/c1-10(18)16-12(20)5-3-7-14(16)22-9-23-15-8-4-6-13(21)17(15)11(2)19/h3-8,20-21H,9H2,1-2H3. The zero-order chi connectivity index (χ0) is 17.0. The number of carbonyl (C=O) groups is 2. The van der Waals surface area contributed by atoms with Crippen LogP contribution in [0.4, 0.5) is 0 Å². The Hall–Kier alpha value is -3.02. The summed E-state index contributed by atoms with van der Waals surface area (Å²) >= 11 is 0. The van der Waals surface area contributed by atoms with E-state index >= 15 is 0 Å². The molecule has 0 aliphatic heterocycles. The van der Waals surface area contributed by atoms with Gasteiger partial charge < -0.3 is 19.7 Å². The van der Waals surface area contributed by atoms with Crippen molar-refractivity contribution < 1.29 is 29.3 Å². The molecule has 0 aromatic heterocycles. The lowest BCUT2D eigenvalue weighted by atomic mass is 10.1. The number of Topliss-reactive ketones (excluding diaryl/α,β-unsaturated/α-hetero) is 2. The van der Waals surface area contributed by atoms with Gasteiger partial charge in [0, 0.05) is 0 Å². The smallest absolute Gasteiger partial charge is 0.230 e. The summed E-state index contributed by atoms with van der Waals surface area (Å²) in [4.78, 5) is 23.1. The van der Waals surface area contributed by atoms with Crippen LogP contribution >= 0.6 is 0 Å². The zero-order valence-electron chi connectivity index (χ0n) is 12.7. The molecule has 0 aliphatic carbocycles. The molecule has 0 fully saturated rings. The van der Waals surface area contributed by atoms with E-state index in [4.69, 9.17) is 9.47 Å². The first kappa shape index (κ1) is 16.4. The fourth-order valence-corrected chi connectivity index (χ4v) is 2.14. The molecule has 0 saturated heterocycles. The average Bonchev–Trinajstić information content (AvgIpc) is 2.46. The number of hydrogen-bond acceptors (Lipinski definition) is 6. The number of ketones is 2. The maximum Gasteiger partial charge on any atom is 0.230 e. The zero-order valence-corrected chi connectivity index (χ0v) is 12.7. The molecular weight excluding hydrogens is 300 g/mol. The summed E-state index contributed by atoms with van der Waals surface area (Å²) in [6.45, 7) is 2.32. The Morgan fingerprint density at radius 2 is 1.22 bits per heavy atom. The van der Waals surface area contributed by atoms with Crippen molar-refractivity contribution in [2.75, 3.05) is 6.79 Å². The van der Waals surface area contributed by atoms with Crippen molar-refractivity contribution in [1.82, 2.24) is 0 Å². The minimum atomic E-state index is -0.347. The highest BCUT2D eigenvalue weighted by Crippen LogP contribution is 2.30. The molecule has 6 nitrogen and oxygen atoms in total. The number of rotatable bonds is 6. The molecule has 0 heterocycles. The lowest BCUT2D eigenvalue weighted by molar-refractivity contribution is 0.0970. The van der Waals surface area contributed by atoms with Gasteiger partial charge in [-0.05, 0) is 38.1 Å². The molecular formula is C17H16O6. The van der Waals surface area contributed by atoms with Crippen LogP contribution in [0.3, 0.4) is 0 Å². The second-order valence-electron chi connectivity index (χ2n) is 4.82. The summed E-state index contributed by atoms with van der Waals surface area (Å²) in [5.74, 6) is -0.725. The van der Waals surface area contributed by atoms with E-state index in [1.807, 2.05) is 0 Å². The number of carbonyl (C=O) groups excluding carboxylic acids is 2. The van der Waals surface area contributed by atoms with Crippen LogP contribution in [0.25, 0.3) is 0 Å². The molecule has 2 aromatic rings. The summed E-state index contributed by atoms with van der Waals surface area (Å²) in [7, 11) is 0. The van der Waals surface area contributed by atoms with Crippen molar-refractivity contribution >= 4 is 11.6 Å². The molecule has 120 valence electrons. The number of phenols is 2. The van der Waals surface area contributed by atoms with Crippen molar-refractivity contribution in [1.29, 1.82) is 0 Å². The summed E-state index contributed by atoms with van der Waals surface area (Å²) in [6.07, 6.45) is 0. The third kappa shape index (κ3) is 3.60. The van der Waals surface area contributed by atoms with E-state index < -0.39 is 0 Å². The third-order valence-corrected chi connectivity index (χ3v) is 3.14. The highest BCUT2D eigenvalue weighted by molar-refractivity contribution is 6.00. The van der Waals surface area contributed by atoms with Gasteiger partial charge >= 0.3 is 0 Å². The summed E-state index contributed by atoms with van der Waals surface area (Å²) < 4.78 is 10.7. The minimum Gasteiger partial charge on any atom is -0.507 e. The fourth-order valence-electron chi connectivity index (χ4n) is 2.14. The average molecular weight is 316 g/mol. The molecule has 0 atom stereocenters. The van der Waals surface area contributed by atoms with E-state index in [-0.39, 0.29) is 52.5 Å². The Kier molecular flexibility index (Phi) is 4.85. The molecule has 23 heavy (non-hydrogen) atoms. The van der Waals surface area contributed by atoms with E-state index in [2.05, 4.69) is 0 Å². The Morgan fingerprint density at radius 3 is 1.57 bits per heavy atom. The van der Waals surface area contributed by atoms with Gasteiger partial charge in [0.25, 0.3) is 0 Å². The maximum atomic E-state index is 11.5. The quantitative estimate of drug-likeness (QED) is 0.629. The second-order valence-corrected chi connectivity index (χ2v) is 4.82. The van der Waals surface area contributed by atoms with Gasteiger partial charge in [0.05, 0.1) is 0 Å². The van der Waals surface area contributed by atoms with Crippen molar-refractivity contribution in [2.24, 2.45) is 0 Å². The lowest BCUT2D eigenvalue weighted by Gasteiger charge is -2.14. The van der Waals surface area contributed by atoms with E-state index in [1.54, 1.807) is 0 Å². The van der Waals surface area contributed by atoms with Crippen molar-refractivity contribution in [3.8, 4) is 23.0 Å². The number of aromatic hydroxyl groups is 2. The van der Waals surface area contributed by atoms with Gasteiger partial charge in [-0.15, -0.1) is 0 Å². The maximum absolute atomic E-state index is 11.5. The molecule has 0 bridgehead atoms. The van der Waals surface area contributed by atoms with Crippen LogP contribution in [0, 0.1) is 0 Å². The van der Waals surface area contributed by atoms with Crippen LogP contribution in [0.5, 0.6) is 23.0 Å². The second kappa shape index (κ2) is 6.83. The van der Waals surface area contributed by atoms with Gasteiger partial charge in [0.1, 0.15) is 34.1 Å². The number of ether oxygens (including phenoxy) is 2. The third-order valence-electron chi connectivity index (χ3n) is 3.14. The van der Waals surface area contributed by atoms with Crippen LogP contribution in [0.1, 0.15) is 34.6 Å². The van der Waals surface area contributed by atoms with Crippen molar-refractivity contribution in [3.05, 3.63) is 47.5 Å². The van der Waals surface area contributed by atoms with Crippen molar-refractivity contribution in [3.63, 3.8) is 0 Å².